The van der Waals surface area contributed by atoms with Gasteiger partial charge in [-0.3, -0.25) is 0 Å². The van der Waals surface area contributed by atoms with Crippen molar-refractivity contribution in [2.24, 2.45) is 0 Å². The SMILES string of the molecule is Cc1cc(CNC(=O)NC(C)c2cccc3ccccc23)c(C)o1. The number of hydrogen-bond acceptors (Lipinski definition) is 2. The highest BCUT2D eigenvalue weighted by atomic mass is 16.3. The van der Waals surface area contributed by atoms with E-state index in [2.05, 4.69) is 34.9 Å². The van der Waals surface area contributed by atoms with E-state index in [1.165, 1.54) is 5.39 Å². The van der Waals surface area contributed by atoms with E-state index < -0.39 is 0 Å². The first kappa shape index (κ1) is 16.1. The number of furan rings is 1. The lowest BCUT2D eigenvalue weighted by Gasteiger charge is -2.17. The number of hydrogen-bond donors (Lipinski definition) is 2. The molecule has 0 aliphatic rings. The third-order valence-corrected chi connectivity index (χ3v) is 4.22. The predicted octanol–water partition coefficient (Wildman–Crippen LogP) is 4.61. The van der Waals surface area contributed by atoms with Gasteiger partial charge in [0.05, 0.1) is 6.04 Å². The number of carbonyl (C=O) groups is 1. The van der Waals surface area contributed by atoms with E-state index in [1.807, 2.05) is 45.0 Å². The van der Waals surface area contributed by atoms with E-state index in [0.29, 0.717) is 6.54 Å². The maximum absolute atomic E-state index is 12.2. The van der Waals surface area contributed by atoms with Gasteiger partial charge in [-0.25, -0.2) is 4.79 Å². The molecule has 2 N–H and O–H groups in total. The Kier molecular flexibility index (Phi) is 4.56. The molecule has 0 saturated carbocycles. The molecule has 4 heteroatoms. The van der Waals surface area contributed by atoms with Crippen LogP contribution in [0.2, 0.25) is 0 Å². The van der Waals surface area contributed by atoms with Gasteiger partial charge in [-0.2, -0.15) is 0 Å². The molecule has 2 aromatic carbocycles. The Labute approximate surface area is 141 Å². The second-order valence-electron chi connectivity index (χ2n) is 6.06. The number of nitrogens with one attached hydrogen (secondary N) is 2. The van der Waals surface area contributed by atoms with Crippen molar-refractivity contribution in [1.29, 1.82) is 0 Å². The van der Waals surface area contributed by atoms with Crippen molar-refractivity contribution in [1.82, 2.24) is 10.6 Å². The normalized spacial score (nSPS) is 12.1. The summed E-state index contributed by atoms with van der Waals surface area (Å²) in [5.41, 5.74) is 2.11. The van der Waals surface area contributed by atoms with Gasteiger partial charge in [-0.1, -0.05) is 42.5 Å². The highest BCUT2D eigenvalue weighted by Gasteiger charge is 2.13. The minimum absolute atomic E-state index is 0.0803. The Morgan fingerprint density at radius 2 is 1.88 bits per heavy atom. The molecule has 1 unspecified atom stereocenters. The summed E-state index contributed by atoms with van der Waals surface area (Å²) in [7, 11) is 0. The first-order valence-corrected chi connectivity index (χ1v) is 8.12. The van der Waals surface area contributed by atoms with E-state index in [1.54, 1.807) is 0 Å². The molecule has 0 fully saturated rings. The Bertz CT molecular complexity index is 862. The monoisotopic (exact) mass is 322 g/mol. The average Bonchev–Trinajstić information content (AvgIpc) is 2.90. The number of aryl methyl sites for hydroxylation is 2. The van der Waals surface area contributed by atoms with Crippen molar-refractivity contribution in [3.63, 3.8) is 0 Å². The minimum Gasteiger partial charge on any atom is -0.466 e. The molecular formula is C20H22N2O2. The summed E-state index contributed by atoms with van der Waals surface area (Å²) in [5, 5.41) is 8.23. The van der Waals surface area contributed by atoms with Gasteiger partial charge in [-0.05, 0) is 43.2 Å². The van der Waals surface area contributed by atoms with Crippen LogP contribution in [0.5, 0.6) is 0 Å². The van der Waals surface area contributed by atoms with Crippen molar-refractivity contribution in [3.8, 4) is 0 Å². The zero-order valence-corrected chi connectivity index (χ0v) is 14.2. The molecule has 124 valence electrons. The molecule has 2 amide bonds. The Balaban J connectivity index is 1.66. The van der Waals surface area contributed by atoms with Gasteiger partial charge in [0.1, 0.15) is 11.5 Å². The summed E-state index contributed by atoms with van der Waals surface area (Å²) >= 11 is 0. The van der Waals surface area contributed by atoms with Crippen LogP contribution in [0.3, 0.4) is 0 Å². The molecule has 0 radical (unpaired) electrons. The van der Waals surface area contributed by atoms with Gasteiger partial charge in [0.25, 0.3) is 0 Å². The van der Waals surface area contributed by atoms with Crippen LogP contribution >= 0.6 is 0 Å². The maximum atomic E-state index is 12.2. The first-order chi connectivity index (χ1) is 11.5. The molecule has 24 heavy (non-hydrogen) atoms. The lowest BCUT2D eigenvalue weighted by atomic mass is 10.00. The van der Waals surface area contributed by atoms with Gasteiger partial charge < -0.3 is 15.1 Å². The number of urea groups is 1. The van der Waals surface area contributed by atoms with Crippen LogP contribution in [0.1, 0.15) is 35.6 Å². The minimum atomic E-state index is -0.186. The van der Waals surface area contributed by atoms with Crippen molar-refractivity contribution >= 4 is 16.8 Å². The summed E-state index contributed by atoms with van der Waals surface area (Å²) < 4.78 is 5.47. The van der Waals surface area contributed by atoms with Crippen LogP contribution in [-0.4, -0.2) is 6.03 Å². The van der Waals surface area contributed by atoms with Gasteiger partial charge in [0.15, 0.2) is 0 Å². The zero-order valence-electron chi connectivity index (χ0n) is 14.2. The van der Waals surface area contributed by atoms with Crippen LogP contribution in [0.25, 0.3) is 10.8 Å². The molecule has 1 atom stereocenters. The van der Waals surface area contributed by atoms with Crippen LogP contribution in [-0.2, 0) is 6.54 Å². The molecule has 0 saturated heterocycles. The smallest absolute Gasteiger partial charge is 0.315 e. The van der Waals surface area contributed by atoms with Gasteiger partial charge in [-0.15, -0.1) is 0 Å². The summed E-state index contributed by atoms with van der Waals surface area (Å²) in [4.78, 5) is 12.2. The van der Waals surface area contributed by atoms with Crippen LogP contribution in [0.15, 0.2) is 52.9 Å². The second-order valence-corrected chi connectivity index (χ2v) is 6.06. The van der Waals surface area contributed by atoms with Gasteiger partial charge >= 0.3 is 6.03 Å². The number of amides is 2. The maximum Gasteiger partial charge on any atom is 0.315 e. The van der Waals surface area contributed by atoms with E-state index in [-0.39, 0.29) is 12.1 Å². The molecule has 0 aliphatic carbocycles. The van der Waals surface area contributed by atoms with Crippen molar-refractivity contribution in [3.05, 3.63) is 71.2 Å². The molecule has 0 bridgehead atoms. The zero-order chi connectivity index (χ0) is 17.1. The van der Waals surface area contributed by atoms with Crippen molar-refractivity contribution < 1.29 is 9.21 Å². The van der Waals surface area contributed by atoms with Crippen LogP contribution in [0, 0.1) is 13.8 Å². The third-order valence-electron chi connectivity index (χ3n) is 4.22. The number of rotatable bonds is 4. The third kappa shape index (κ3) is 3.43. The Morgan fingerprint density at radius 3 is 2.62 bits per heavy atom. The average molecular weight is 322 g/mol. The molecule has 1 heterocycles. The quantitative estimate of drug-likeness (QED) is 0.737. The summed E-state index contributed by atoms with van der Waals surface area (Å²) in [6.07, 6.45) is 0. The van der Waals surface area contributed by atoms with Crippen molar-refractivity contribution in [2.75, 3.05) is 0 Å². The molecule has 3 rings (SSSR count). The highest BCUT2D eigenvalue weighted by Crippen LogP contribution is 2.24. The van der Waals surface area contributed by atoms with E-state index in [9.17, 15) is 4.79 Å². The fourth-order valence-corrected chi connectivity index (χ4v) is 2.99. The van der Waals surface area contributed by atoms with Crippen LogP contribution < -0.4 is 10.6 Å². The topological polar surface area (TPSA) is 54.3 Å². The highest BCUT2D eigenvalue weighted by molar-refractivity contribution is 5.86. The molecular weight excluding hydrogens is 300 g/mol. The number of carbonyl (C=O) groups excluding carboxylic acids is 1. The van der Waals surface area contributed by atoms with E-state index in [4.69, 9.17) is 4.42 Å². The van der Waals surface area contributed by atoms with E-state index in [0.717, 1.165) is 28.0 Å². The predicted molar refractivity (Wildman–Crippen MR) is 95.9 cm³/mol. The number of benzene rings is 2. The van der Waals surface area contributed by atoms with E-state index >= 15 is 0 Å². The second kappa shape index (κ2) is 6.79. The molecule has 0 aliphatic heterocycles. The molecule has 1 aromatic heterocycles. The summed E-state index contributed by atoms with van der Waals surface area (Å²) in [6.45, 7) is 6.26. The Hall–Kier alpha value is -2.75. The largest absolute Gasteiger partial charge is 0.466 e. The summed E-state index contributed by atoms with van der Waals surface area (Å²) in [6, 6.07) is 16.0. The molecule has 3 aromatic rings. The van der Waals surface area contributed by atoms with Crippen LogP contribution in [0.4, 0.5) is 4.79 Å². The lowest BCUT2D eigenvalue weighted by Crippen LogP contribution is -2.36. The fourth-order valence-electron chi connectivity index (χ4n) is 2.99. The number of fused-ring (bicyclic) bond motifs is 1. The lowest BCUT2D eigenvalue weighted by molar-refractivity contribution is 0.237. The van der Waals surface area contributed by atoms with Gasteiger partial charge in [0.2, 0.25) is 0 Å². The summed E-state index contributed by atoms with van der Waals surface area (Å²) in [5.74, 6) is 1.70. The fraction of sp³-hybridized carbons (Fsp3) is 0.250. The molecule has 4 nitrogen and oxygen atoms in total. The first-order valence-electron chi connectivity index (χ1n) is 8.12. The Morgan fingerprint density at radius 1 is 1.12 bits per heavy atom. The van der Waals surface area contributed by atoms with Gasteiger partial charge in [0, 0.05) is 12.1 Å². The molecule has 0 spiro atoms. The van der Waals surface area contributed by atoms with Crippen molar-refractivity contribution in [2.45, 2.75) is 33.4 Å². The standard InChI is InChI=1S/C20H22N2O2/c1-13-11-17(15(3)24-13)12-21-20(23)22-14(2)18-10-6-8-16-7-4-5-9-19(16)18/h4-11,14H,12H2,1-3H3,(H2,21,22,23).